The number of benzene rings is 2. The summed E-state index contributed by atoms with van der Waals surface area (Å²) >= 11 is 0. The van der Waals surface area contributed by atoms with E-state index in [0.717, 1.165) is 5.69 Å². The lowest BCUT2D eigenvalue weighted by Gasteiger charge is -2.34. The molecule has 3 heterocycles. The Morgan fingerprint density at radius 2 is 1.71 bits per heavy atom. The Bertz CT molecular complexity index is 1380. The van der Waals surface area contributed by atoms with Gasteiger partial charge in [0.15, 0.2) is 0 Å². The van der Waals surface area contributed by atoms with Crippen LogP contribution in [0.5, 0.6) is 11.8 Å². The molecular weight excluding hydrogens is 436 g/mol. The van der Waals surface area contributed by atoms with E-state index in [1.54, 1.807) is 30.0 Å². The number of carbonyl (C=O) groups is 1. The van der Waals surface area contributed by atoms with Gasteiger partial charge >= 0.3 is 11.6 Å². The first-order valence-electron chi connectivity index (χ1n) is 10.8. The maximum absolute atomic E-state index is 12.1. The second-order valence-corrected chi connectivity index (χ2v) is 7.75. The molecule has 4 aromatic rings. The van der Waals surface area contributed by atoms with Gasteiger partial charge in [-0.05, 0) is 24.3 Å². The largest absolute Gasteiger partial charge is 0.423 e. The normalized spacial score (nSPS) is 13.7. The minimum Gasteiger partial charge on any atom is -0.423 e. The Morgan fingerprint density at radius 3 is 2.47 bits per heavy atom. The van der Waals surface area contributed by atoms with Gasteiger partial charge in [-0.1, -0.05) is 30.3 Å². The van der Waals surface area contributed by atoms with Crippen molar-refractivity contribution in [3.8, 4) is 11.8 Å². The molecule has 5 rings (SSSR count). The second kappa shape index (κ2) is 9.18. The third-order valence-electron chi connectivity index (χ3n) is 5.45. The number of nitrogens with one attached hydrogen (secondary N) is 1. The van der Waals surface area contributed by atoms with Gasteiger partial charge in [-0.15, -0.1) is 0 Å². The van der Waals surface area contributed by atoms with E-state index in [1.165, 1.54) is 6.07 Å². The first-order valence-corrected chi connectivity index (χ1v) is 10.8. The van der Waals surface area contributed by atoms with Crippen LogP contribution in [0.25, 0.3) is 11.0 Å². The number of ether oxygens (including phenoxy) is 1. The van der Waals surface area contributed by atoms with Crippen LogP contribution >= 0.6 is 0 Å². The smallest absolute Gasteiger partial charge is 0.339 e. The predicted octanol–water partition coefficient (Wildman–Crippen LogP) is 3.18. The molecule has 10 heteroatoms. The fourth-order valence-electron chi connectivity index (χ4n) is 3.73. The van der Waals surface area contributed by atoms with E-state index in [0.29, 0.717) is 49.0 Å². The van der Waals surface area contributed by atoms with Gasteiger partial charge in [0, 0.05) is 38.8 Å². The summed E-state index contributed by atoms with van der Waals surface area (Å²) in [6.07, 6.45) is 0. The SMILES string of the molecule is CC(=O)N1CCN(c2nc(Nc3ccccc3)nc(Oc3cc(=O)oc4ccccc34)n2)CC1. The van der Waals surface area contributed by atoms with Crippen molar-refractivity contribution in [1.29, 1.82) is 0 Å². The van der Waals surface area contributed by atoms with Crippen LogP contribution in [0.2, 0.25) is 0 Å². The van der Waals surface area contributed by atoms with E-state index >= 15 is 0 Å². The van der Waals surface area contributed by atoms with Crippen LogP contribution in [0.15, 0.2) is 69.9 Å². The molecule has 1 aliphatic heterocycles. The minimum absolute atomic E-state index is 0.0354. The summed E-state index contributed by atoms with van der Waals surface area (Å²) in [7, 11) is 0. The quantitative estimate of drug-likeness (QED) is 0.450. The van der Waals surface area contributed by atoms with Crippen molar-refractivity contribution in [2.75, 3.05) is 36.4 Å². The maximum Gasteiger partial charge on any atom is 0.339 e. The van der Waals surface area contributed by atoms with Crippen LogP contribution in [0.1, 0.15) is 6.92 Å². The lowest BCUT2D eigenvalue weighted by atomic mass is 10.2. The zero-order valence-corrected chi connectivity index (χ0v) is 18.5. The molecule has 0 unspecified atom stereocenters. The lowest BCUT2D eigenvalue weighted by molar-refractivity contribution is -0.129. The van der Waals surface area contributed by atoms with E-state index in [-0.39, 0.29) is 17.7 Å². The highest BCUT2D eigenvalue weighted by atomic mass is 16.5. The standard InChI is InChI=1S/C24H22N6O4/c1-16(31)29-11-13-30(14-12-29)23-26-22(25-17-7-3-2-4-8-17)27-24(28-23)34-20-15-21(32)33-19-10-6-5-9-18(19)20/h2-10,15H,11-14H2,1H3,(H,25,26,27,28). The number of para-hydroxylation sites is 2. The van der Waals surface area contributed by atoms with E-state index in [1.807, 2.05) is 41.3 Å². The molecule has 2 aromatic heterocycles. The molecule has 0 aliphatic carbocycles. The highest BCUT2D eigenvalue weighted by Crippen LogP contribution is 2.28. The topological polar surface area (TPSA) is 114 Å². The first-order chi connectivity index (χ1) is 16.5. The van der Waals surface area contributed by atoms with Gasteiger partial charge in [-0.3, -0.25) is 4.79 Å². The van der Waals surface area contributed by atoms with Crippen molar-refractivity contribution >= 4 is 34.5 Å². The van der Waals surface area contributed by atoms with Crippen LogP contribution in [-0.4, -0.2) is 51.9 Å². The highest BCUT2D eigenvalue weighted by molar-refractivity contribution is 5.83. The molecule has 0 atom stereocenters. The van der Waals surface area contributed by atoms with Crippen molar-refractivity contribution in [2.45, 2.75) is 6.92 Å². The summed E-state index contributed by atoms with van der Waals surface area (Å²) in [6, 6.07) is 17.9. The monoisotopic (exact) mass is 458 g/mol. The molecule has 2 aromatic carbocycles. The Kier molecular flexibility index (Phi) is 5.77. The Labute approximate surface area is 194 Å². The van der Waals surface area contributed by atoms with Crippen molar-refractivity contribution < 1.29 is 13.9 Å². The lowest BCUT2D eigenvalue weighted by Crippen LogP contribution is -2.48. The van der Waals surface area contributed by atoms with Crippen LogP contribution in [0.4, 0.5) is 17.6 Å². The fourth-order valence-corrected chi connectivity index (χ4v) is 3.73. The number of piperazine rings is 1. The maximum atomic E-state index is 12.1. The third kappa shape index (κ3) is 4.65. The van der Waals surface area contributed by atoms with Crippen LogP contribution in [0.3, 0.4) is 0 Å². The zero-order chi connectivity index (χ0) is 23.5. The second-order valence-electron chi connectivity index (χ2n) is 7.75. The van der Waals surface area contributed by atoms with Gasteiger partial charge in [0.25, 0.3) is 0 Å². The van der Waals surface area contributed by atoms with Gasteiger partial charge in [-0.25, -0.2) is 4.79 Å². The molecule has 1 aliphatic rings. The van der Waals surface area contributed by atoms with E-state index < -0.39 is 5.63 Å². The van der Waals surface area contributed by atoms with Crippen molar-refractivity contribution in [3.05, 3.63) is 71.1 Å². The molecule has 10 nitrogen and oxygen atoms in total. The number of rotatable bonds is 5. The third-order valence-corrected chi connectivity index (χ3v) is 5.45. The molecule has 0 radical (unpaired) electrons. The van der Waals surface area contributed by atoms with Crippen molar-refractivity contribution in [1.82, 2.24) is 19.9 Å². The van der Waals surface area contributed by atoms with Crippen LogP contribution in [-0.2, 0) is 4.79 Å². The van der Waals surface area contributed by atoms with Gasteiger partial charge < -0.3 is 24.3 Å². The fraction of sp³-hybridized carbons (Fsp3) is 0.208. The summed E-state index contributed by atoms with van der Waals surface area (Å²) in [5.74, 6) is 1.04. The summed E-state index contributed by atoms with van der Waals surface area (Å²) in [4.78, 5) is 41.0. The Hall–Kier alpha value is -4.47. The molecule has 0 bridgehead atoms. The summed E-state index contributed by atoms with van der Waals surface area (Å²) in [5.41, 5.74) is 0.672. The molecule has 1 fully saturated rings. The number of hydrogen-bond donors (Lipinski definition) is 1. The van der Waals surface area contributed by atoms with Crippen LogP contribution < -0.4 is 20.6 Å². The van der Waals surface area contributed by atoms with E-state index in [4.69, 9.17) is 9.15 Å². The molecule has 0 saturated carbocycles. The molecule has 34 heavy (non-hydrogen) atoms. The van der Waals surface area contributed by atoms with Gasteiger partial charge in [-0.2, -0.15) is 15.0 Å². The predicted molar refractivity (Wildman–Crippen MR) is 127 cm³/mol. The van der Waals surface area contributed by atoms with Crippen molar-refractivity contribution in [2.24, 2.45) is 0 Å². The molecule has 1 saturated heterocycles. The van der Waals surface area contributed by atoms with Crippen molar-refractivity contribution in [3.63, 3.8) is 0 Å². The average molecular weight is 458 g/mol. The van der Waals surface area contributed by atoms with Crippen LogP contribution in [0, 0.1) is 0 Å². The van der Waals surface area contributed by atoms with Gasteiger partial charge in [0.1, 0.15) is 11.3 Å². The molecule has 172 valence electrons. The molecular formula is C24H22N6O4. The first kappa shape index (κ1) is 21.4. The molecule has 0 spiro atoms. The number of fused-ring (bicyclic) bond motifs is 1. The van der Waals surface area contributed by atoms with Gasteiger partial charge in [0.2, 0.25) is 17.8 Å². The summed E-state index contributed by atoms with van der Waals surface area (Å²) in [5, 5.41) is 3.79. The molecule has 1 amide bonds. The summed E-state index contributed by atoms with van der Waals surface area (Å²) in [6.45, 7) is 3.86. The van der Waals surface area contributed by atoms with E-state index in [9.17, 15) is 9.59 Å². The highest BCUT2D eigenvalue weighted by Gasteiger charge is 2.22. The average Bonchev–Trinajstić information content (AvgIpc) is 2.84. The number of carbonyl (C=O) groups excluding carboxylic acids is 1. The minimum atomic E-state index is -0.536. The Balaban J connectivity index is 1.50. The number of amides is 1. The number of hydrogen-bond acceptors (Lipinski definition) is 9. The van der Waals surface area contributed by atoms with Gasteiger partial charge in [0.05, 0.1) is 11.5 Å². The zero-order valence-electron chi connectivity index (χ0n) is 18.5. The number of aromatic nitrogens is 3. The number of anilines is 3. The summed E-state index contributed by atoms with van der Waals surface area (Å²) < 4.78 is 11.2. The van der Waals surface area contributed by atoms with E-state index in [2.05, 4.69) is 20.3 Å². The number of nitrogens with zero attached hydrogens (tertiary/aromatic N) is 5. The Morgan fingerprint density at radius 1 is 0.971 bits per heavy atom. The molecule has 1 N–H and O–H groups in total.